The van der Waals surface area contributed by atoms with Gasteiger partial charge in [-0.05, 0) is 24.3 Å². The average Bonchev–Trinajstić information content (AvgIpc) is 2.27. The third kappa shape index (κ3) is 4.22. The first-order chi connectivity index (χ1) is 7.26. The van der Waals surface area contributed by atoms with Gasteiger partial charge < -0.3 is 15.2 Å². The number of anilines is 1. The summed E-state index contributed by atoms with van der Waals surface area (Å²) in [6, 6.07) is 7.06. The summed E-state index contributed by atoms with van der Waals surface area (Å²) in [5.74, 6) is 1.15. The van der Waals surface area contributed by atoms with Crippen LogP contribution < -0.4 is 10.1 Å². The number of methoxy groups -OCH3 is 1. The van der Waals surface area contributed by atoms with Crippen molar-refractivity contribution in [3.05, 3.63) is 24.3 Å². The summed E-state index contributed by atoms with van der Waals surface area (Å²) >= 11 is 1.05. The van der Waals surface area contributed by atoms with Gasteiger partial charge in [-0.3, -0.25) is 4.79 Å². The number of nitrogens with one attached hydrogen (secondary N) is 1. The largest absolute Gasteiger partial charge is 0.497 e. The molecule has 5 heteroatoms. The highest BCUT2D eigenvalue weighted by molar-refractivity contribution is 8.13. The van der Waals surface area contributed by atoms with Crippen LogP contribution in [0.15, 0.2) is 24.3 Å². The highest BCUT2D eigenvalue weighted by atomic mass is 32.2. The molecule has 0 saturated heterocycles. The Morgan fingerprint density at radius 1 is 1.47 bits per heavy atom. The fourth-order valence-electron chi connectivity index (χ4n) is 0.967. The van der Waals surface area contributed by atoms with Crippen molar-refractivity contribution in [3.63, 3.8) is 0 Å². The summed E-state index contributed by atoms with van der Waals surface area (Å²) in [5, 5.41) is 11.0. The highest BCUT2D eigenvalue weighted by Crippen LogP contribution is 2.16. The van der Waals surface area contributed by atoms with Crippen LogP contribution in [0, 0.1) is 0 Å². The van der Waals surface area contributed by atoms with E-state index in [0.29, 0.717) is 11.4 Å². The molecule has 0 aliphatic rings. The van der Waals surface area contributed by atoms with E-state index in [2.05, 4.69) is 5.32 Å². The molecule has 0 heterocycles. The average molecular weight is 227 g/mol. The first-order valence-electron chi connectivity index (χ1n) is 4.45. The zero-order chi connectivity index (χ0) is 11.1. The molecular formula is C10H13NO3S. The quantitative estimate of drug-likeness (QED) is 0.825. The van der Waals surface area contributed by atoms with E-state index in [-0.39, 0.29) is 11.8 Å². The Bertz CT molecular complexity index is 313. The molecule has 1 rings (SSSR count). The molecule has 0 unspecified atom stereocenters. The fraction of sp³-hybridized carbons (Fsp3) is 0.300. The molecule has 2 N–H and O–H groups in total. The number of aliphatic hydroxyl groups excluding tert-OH is 1. The maximum Gasteiger partial charge on any atom is 0.283 e. The number of hydrogen-bond donors (Lipinski definition) is 2. The van der Waals surface area contributed by atoms with E-state index in [9.17, 15) is 4.79 Å². The third-order valence-electron chi connectivity index (χ3n) is 1.66. The van der Waals surface area contributed by atoms with Crippen LogP contribution in [0.4, 0.5) is 10.5 Å². The highest BCUT2D eigenvalue weighted by Gasteiger charge is 2.02. The van der Waals surface area contributed by atoms with Crippen LogP contribution >= 0.6 is 11.8 Å². The van der Waals surface area contributed by atoms with Gasteiger partial charge >= 0.3 is 0 Å². The number of thioether (sulfide) groups is 1. The Morgan fingerprint density at radius 2 is 2.13 bits per heavy atom. The summed E-state index contributed by atoms with van der Waals surface area (Å²) in [6.07, 6.45) is 0. The minimum absolute atomic E-state index is 0.000694. The molecule has 1 aromatic rings. The molecule has 0 aromatic heterocycles. The van der Waals surface area contributed by atoms with Gasteiger partial charge in [0, 0.05) is 11.4 Å². The lowest BCUT2D eigenvalue weighted by molar-refractivity contribution is 0.269. The lowest BCUT2D eigenvalue weighted by Crippen LogP contribution is -2.06. The monoisotopic (exact) mass is 227 g/mol. The van der Waals surface area contributed by atoms with Gasteiger partial charge in [-0.15, -0.1) is 0 Å². The standard InChI is InChI=1S/C10H13NO3S/c1-14-9-4-2-8(3-5-9)11-10(13)15-7-6-12/h2-5,12H,6-7H2,1H3,(H,11,13). The van der Waals surface area contributed by atoms with Crippen molar-refractivity contribution >= 4 is 22.7 Å². The molecule has 1 aromatic carbocycles. The lowest BCUT2D eigenvalue weighted by atomic mass is 10.3. The minimum Gasteiger partial charge on any atom is -0.497 e. The molecule has 0 atom stereocenters. The summed E-state index contributed by atoms with van der Waals surface area (Å²) in [6.45, 7) is 0.000694. The van der Waals surface area contributed by atoms with Crippen molar-refractivity contribution in [2.24, 2.45) is 0 Å². The van der Waals surface area contributed by atoms with Crippen molar-refractivity contribution in [1.29, 1.82) is 0 Å². The van der Waals surface area contributed by atoms with Gasteiger partial charge in [-0.2, -0.15) is 0 Å². The summed E-state index contributed by atoms with van der Waals surface area (Å²) < 4.78 is 4.99. The molecule has 0 saturated carbocycles. The van der Waals surface area contributed by atoms with E-state index >= 15 is 0 Å². The number of benzene rings is 1. The second-order valence-electron chi connectivity index (χ2n) is 2.71. The molecular weight excluding hydrogens is 214 g/mol. The second-order valence-corrected chi connectivity index (χ2v) is 3.78. The predicted octanol–water partition coefficient (Wildman–Crippen LogP) is 1.95. The molecule has 0 aliphatic carbocycles. The van der Waals surface area contributed by atoms with Gasteiger partial charge in [0.1, 0.15) is 5.75 Å². The zero-order valence-corrected chi connectivity index (χ0v) is 9.21. The SMILES string of the molecule is COc1ccc(NC(=O)SCCO)cc1. The number of rotatable bonds is 4. The Morgan fingerprint density at radius 3 is 2.67 bits per heavy atom. The van der Waals surface area contributed by atoms with Crippen molar-refractivity contribution in [1.82, 2.24) is 0 Å². The van der Waals surface area contributed by atoms with Crippen molar-refractivity contribution in [2.75, 3.05) is 24.8 Å². The second kappa shape index (κ2) is 6.31. The molecule has 1 amide bonds. The summed E-state index contributed by atoms with van der Waals surface area (Å²) in [4.78, 5) is 11.2. The van der Waals surface area contributed by atoms with E-state index in [1.165, 1.54) is 0 Å². The van der Waals surface area contributed by atoms with Crippen LogP contribution in [0.25, 0.3) is 0 Å². The number of hydrogen-bond acceptors (Lipinski definition) is 4. The van der Waals surface area contributed by atoms with Crippen LogP contribution in [-0.2, 0) is 0 Å². The zero-order valence-electron chi connectivity index (χ0n) is 8.40. The number of aliphatic hydroxyl groups is 1. The van der Waals surface area contributed by atoms with Crippen LogP contribution in [0.5, 0.6) is 5.75 Å². The molecule has 0 bridgehead atoms. The molecule has 0 aliphatic heterocycles. The Labute approximate surface area is 92.6 Å². The first-order valence-corrected chi connectivity index (χ1v) is 5.43. The van der Waals surface area contributed by atoms with Gasteiger partial charge in [-0.1, -0.05) is 11.8 Å². The fourth-order valence-corrected chi connectivity index (χ4v) is 1.43. The van der Waals surface area contributed by atoms with Gasteiger partial charge in [0.2, 0.25) is 0 Å². The third-order valence-corrected chi connectivity index (χ3v) is 2.41. The Balaban J connectivity index is 2.46. The lowest BCUT2D eigenvalue weighted by Gasteiger charge is -2.04. The van der Waals surface area contributed by atoms with E-state index in [1.54, 1.807) is 31.4 Å². The molecule has 82 valence electrons. The molecule has 15 heavy (non-hydrogen) atoms. The van der Waals surface area contributed by atoms with E-state index in [4.69, 9.17) is 9.84 Å². The number of carbonyl (C=O) groups is 1. The normalized spacial score (nSPS) is 9.73. The summed E-state index contributed by atoms with van der Waals surface area (Å²) in [7, 11) is 1.59. The summed E-state index contributed by atoms with van der Waals surface area (Å²) in [5.41, 5.74) is 0.714. The molecule has 0 spiro atoms. The molecule has 0 radical (unpaired) electrons. The van der Waals surface area contributed by atoms with Crippen molar-refractivity contribution < 1.29 is 14.6 Å². The van der Waals surface area contributed by atoms with E-state index in [1.807, 2.05) is 0 Å². The molecule has 0 fully saturated rings. The maximum absolute atomic E-state index is 11.2. The minimum atomic E-state index is -0.172. The van der Waals surface area contributed by atoms with Crippen LogP contribution in [-0.4, -0.2) is 29.8 Å². The van der Waals surface area contributed by atoms with Crippen LogP contribution in [0.3, 0.4) is 0 Å². The van der Waals surface area contributed by atoms with Gasteiger partial charge in [0.05, 0.1) is 13.7 Å². The van der Waals surface area contributed by atoms with Crippen molar-refractivity contribution in [2.45, 2.75) is 0 Å². The van der Waals surface area contributed by atoms with E-state index < -0.39 is 0 Å². The number of ether oxygens (including phenoxy) is 1. The van der Waals surface area contributed by atoms with Gasteiger partial charge in [-0.25, -0.2) is 0 Å². The predicted molar refractivity (Wildman–Crippen MR) is 61.6 cm³/mol. The van der Waals surface area contributed by atoms with Gasteiger partial charge in [0.25, 0.3) is 5.24 Å². The number of carbonyl (C=O) groups excluding carboxylic acids is 1. The van der Waals surface area contributed by atoms with Crippen LogP contribution in [0.1, 0.15) is 0 Å². The Kier molecular flexibility index (Phi) is 5.00. The maximum atomic E-state index is 11.2. The number of amides is 1. The smallest absolute Gasteiger partial charge is 0.283 e. The topological polar surface area (TPSA) is 58.6 Å². The van der Waals surface area contributed by atoms with Gasteiger partial charge in [0.15, 0.2) is 0 Å². The van der Waals surface area contributed by atoms with Crippen LogP contribution in [0.2, 0.25) is 0 Å². The Hall–Kier alpha value is -1.20. The van der Waals surface area contributed by atoms with Crippen molar-refractivity contribution in [3.8, 4) is 5.75 Å². The molecule has 4 nitrogen and oxygen atoms in total. The van der Waals surface area contributed by atoms with E-state index in [0.717, 1.165) is 17.5 Å². The first kappa shape index (κ1) is 11.9.